The summed E-state index contributed by atoms with van der Waals surface area (Å²) < 4.78 is 21.8. The summed E-state index contributed by atoms with van der Waals surface area (Å²) in [7, 11) is 4.51. The second kappa shape index (κ2) is 11.3. The molecule has 1 N–H and O–H groups in total. The van der Waals surface area contributed by atoms with Crippen LogP contribution in [0.3, 0.4) is 0 Å². The Morgan fingerprint density at radius 3 is 2.03 bits per heavy atom. The quantitative estimate of drug-likeness (QED) is 0.232. The topological polar surface area (TPSA) is 94.5 Å². The fourth-order valence-electron chi connectivity index (χ4n) is 4.31. The first-order valence-corrected chi connectivity index (χ1v) is 12.2. The van der Waals surface area contributed by atoms with Gasteiger partial charge in [-0.15, -0.1) is 0 Å². The number of ether oxygens (including phenoxy) is 4. The number of aliphatic hydroxyl groups excluding tert-OH is 1. The Hall–Kier alpha value is -4.46. The fraction of sp³-hybridized carbons (Fsp3) is 0.267. The molecule has 0 aliphatic carbocycles. The summed E-state index contributed by atoms with van der Waals surface area (Å²) in [5.74, 6) is 0.482. The van der Waals surface area contributed by atoms with Crippen molar-refractivity contribution in [1.82, 2.24) is 0 Å². The smallest absolute Gasteiger partial charge is 0.300 e. The van der Waals surface area contributed by atoms with E-state index < -0.39 is 17.7 Å². The molecule has 1 fully saturated rings. The number of ketones is 1. The van der Waals surface area contributed by atoms with Gasteiger partial charge in [-0.1, -0.05) is 26.0 Å². The maximum Gasteiger partial charge on any atom is 0.300 e. The first-order valence-electron chi connectivity index (χ1n) is 12.2. The molecule has 38 heavy (non-hydrogen) atoms. The molecule has 1 heterocycles. The Morgan fingerprint density at radius 2 is 1.45 bits per heavy atom. The minimum absolute atomic E-state index is 0.0631. The van der Waals surface area contributed by atoms with Crippen LogP contribution in [0.5, 0.6) is 23.0 Å². The van der Waals surface area contributed by atoms with Crippen molar-refractivity contribution >= 4 is 23.1 Å². The zero-order valence-corrected chi connectivity index (χ0v) is 22.1. The van der Waals surface area contributed by atoms with Crippen LogP contribution in [0.2, 0.25) is 0 Å². The Morgan fingerprint density at radius 1 is 0.842 bits per heavy atom. The van der Waals surface area contributed by atoms with Crippen molar-refractivity contribution in [3.05, 3.63) is 83.4 Å². The Balaban J connectivity index is 1.87. The molecule has 1 aliphatic rings. The molecule has 4 rings (SSSR count). The zero-order valence-electron chi connectivity index (χ0n) is 22.1. The molecule has 0 spiro atoms. The number of hydrogen-bond donors (Lipinski definition) is 1. The molecule has 3 aromatic carbocycles. The fourth-order valence-corrected chi connectivity index (χ4v) is 4.31. The van der Waals surface area contributed by atoms with E-state index in [1.807, 2.05) is 0 Å². The van der Waals surface area contributed by atoms with Crippen LogP contribution in [0.4, 0.5) is 5.69 Å². The normalized spacial score (nSPS) is 16.6. The van der Waals surface area contributed by atoms with Gasteiger partial charge >= 0.3 is 0 Å². The van der Waals surface area contributed by atoms with Crippen molar-refractivity contribution in [3.8, 4) is 23.0 Å². The third-order valence-electron chi connectivity index (χ3n) is 6.24. The minimum Gasteiger partial charge on any atom is -0.507 e. The molecule has 0 bridgehead atoms. The molecule has 8 nitrogen and oxygen atoms in total. The molecule has 0 saturated carbocycles. The van der Waals surface area contributed by atoms with E-state index >= 15 is 0 Å². The van der Waals surface area contributed by atoms with Crippen LogP contribution in [-0.2, 0) is 9.59 Å². The average Bonchev–Trinajstić information content (AvgIpc) is 3.21. The van der Waals surface area contributed by atoms with E-state index in [9.17, 15) is 14.7 Å². The highest BCUT2D eigenvalue weighted by atomic mass is 16.5. The molecular formula is C30H31NO7. The average molecular weight is 518 g/mol. The van der Waals surface area contributed by atoms with Crippen LogP contribution in [0.15, 0.2) is 72.3 Å². The second-order valence-electron chi connectivity index (χ2n) is 9.21. The van der Waals surface area contributed by atoms with E-state index in [0.717, 1.165) is 0 Å². The van der Waals surface area contributed by atoms with Crippen LogP contribution in [-0.4, -0.2) is 44.7 Å². The highest BCUT2D eigenvalue weighted by molar-refractivity contribution is 6.51. The van der Waals surface area contributed by atoms with Gasteiger partial charge in [0.05, 0.1) is 45.1 Å². The highest BCUT2D eigenvalue weighted by Gasteiger charge is 2.47. The Kier molecular flexibility index (Phi) is 7.90. The second-order valence-corrected chi connectivity index (χ2v) is 9.21. The number of hydrogen-bond acceptors (Lipinski definition) is 7. The van der Waals surface area contributed by atoms with Crippen LogP contribution in [0.1, 0.15) is 31.0 Å². The van der Waals surface area contributed by atoms with Gasteiger partial charge in [0.1, 0.15) is 28.8 Å². The third-order valence-corrected chi connectivity index (χ3v) is 6.24. The van der Waals surface area contributed by atoms with Crippen molar-refractivity contribution in [2.75, 3.05) is 32.8 Å². The molecule has 3 aromatic rings. The van der Waals surface area contributed by atoms with Gasteiger partial charge in [0.25, 0.3) is 11.7 Å². The molecule has 1 unspecified atom stereocenters. The van der Waals surface area contributed by atoms with E-state index in [1.54, 1.807) is 73.8 Å². The lowest BCUT2D eigenvalue weighted by molar-refractivity contribution is -0.132. The summed E-state index contributed by atoms with van der Waals surface area (Å²) >= 11 is 0. The maximum absolute atomic E-state index is 13.5. The first kappa shape index (κ1) is 26.6. The van der Waals surface area contributed by atoms with Gasteiger partial charge in [0.2, 0.25) is 0 Å². The molecule has 0 aromatic heterocycles. The maximum atomic E-state index is 13.5. The number of amides is 1. The summed E-state index contributed by atoms with van der Waals surface area (Å²) in [6.45, 7) is 4.66. The van der Waals surface area contributed by atoms with Gasteiger partial charge in [-0.25, -0.2) is 0 Å². The number of benzene rings is 3. The van der Waals surface area contributed by atoms with Crippen molar-refractivity contribution < 1.29 is 33.6 Å². The molecule has 1 atom stereocenters. The largest absolute Gasteiger partial charge is 0.507 e. The van der Waals surface area contributed by atoms with Gasteiger partial charge in [-0.3, -0.25) is 14.5 Å². The number of carbonyl (C=O) groups excluding carboxylic acids is 2. The van der Waals surface area contributed by atoms with E-state index in [1.165, 1.54) is 19.1 Å². The molecule has 0 radical (unpaired) electrons. The van der Waals surface area contributed by atoms with Crippen LogP contribution >= 0.6 is 0 Å². The summed E-state index contributed by atoms with van der Waals surface area (Å²) in [6.07, 6.45) is 0. The van der Waals surface area contributed by atoms with Crippen LogP contribution < -0.4 is 23.8 Å². The molecule has 8 heteroatoms. The van der Waals surface area contributed by atoms with E-state index in [4.69, 9.17) is 18.9 Å². The summed E-state index contributed by atoms with van der Waals surface area (Å²) in [6, 6.07) is 17.9. The SMILES string of the molecule is COc1ccc(C2/C(=C(\O)c3cc(OC)ccc3OC)C(=O)C(=O)N2c2ccc(OCC(C)C)cc2)cc1. The monoisotopic (exact) mass is 517 g/mol. The molecule has 1 saturated heterocycles. The first-order chi connectivity index (χ1) is 18.3. The van der Waals surface area contributed by atoms with Crippen molar-refractivity contribution in [3.63, 3.8) is 0 Å². The molecular weight excluding hydrogens is 486 g/mol. The number of methoxy groups -OCH3 is 3. The molecule has 1 aliphatic heterocycles. The minimum atomic E-state index is -0.903. The predicted molar refractivity (Wildman–Crippen MR) is 144 cm³/mol. The predicted octanol–water partition coefficient (Wildman–Crippen LogP) is 5.37. The highest BCUT2D eigenvalue weighted by Crippen LogP contribution is 2.44. The van der Waals surface area contributed by atoms with Gasteiger partial charge in [-0.05, 0) is 66.1 Å². The van der Waals surface area contributed by atoms with Gasteiger partial charge in [0.15, 0.2) is 0 Å². The van der Waals surface area contributed by atoms with Crippen LogP contribution in [0, 0.1) is 5.92 Å². The lowest BCUT2D eigenvalue weighted by Gasteiger charge is -2.26. The molecule has 198 valence electrons. The third kappa shape index (κ3) is 5.16. The van der Waals surface area contributed by atoms with Crippen LogP contribution in [0.25, 0.3) is 5.76 Å². The van der Waals surface area contributed by atoms with Crippen molar-refractivity contribution in [2.45, 2.75) is 19.9 Å². The number of aliphatic hydroxyl groups is 1. The number of nitrogens with zero attached hydrogens (tertiary/aromatic N) is 1. The molecule has 1 amide bonds. The van der Waals surface area contributed by atoms with E-state index in [2.05, 4.69) is 13.8 Å². The summed E-state index contributed by atoms with van der Waals surface area (Å²) in [4.78, 5) is 28.3. The lowest BCUT2D eigenvalue weighted by Crippen LogP contribution is -2.29. The Bertz CT molecular complexity index is 1340. The lowest BCUT2D eigenvalue weighted by atomic mass is 9.94. The standard InChI is InChI=1S/C30H31NO7/c1-18(2)17-38-22-12-8-20(9-13-22)31-27(19-6-10-21(35-3)11-7-19)26(29(33)30(31)34)28(32)24-16-23(36-4)14-15-25(24)37-5/h6-16,18,27,32H,17H2,1-5H3/b28-26+. The number of anilines is 1. The van der Waals surface area contributed by atoms with Gasteiger partial charge < -0.3 is 24.1 Å². The van der Waals surface area contributed by atoms with E-state index in [0.29, 0.717) is 46.8 Å². The summed E-state index contributed by atoms with van der Waals surface area (Å²) in [5.41, 5.74) is 1.28. The van der Waals surface area contributed by atoms with Crippen molar-refractivity contribution in [2.24, 2.45) is 5.92 Å². The zero-order chi connectivity index (χ0) is 27.4. The number of carbonyl (C=O) groups is 2. The van der Waals surface area contributed by atoms with Crippen molar-refractivity contribution in [1.29, 1.82) is 0 Å². The van der Waals surface area contributed by atoms with Gasteiger partial charge in [-0.2, -0.15) is 0 Å². The number of Topliss-reactive ketones (excluding diaryl/α,β-unsaturated/α-hetero) is 1. The van der Waals surface area contributed by atoms with E-state index in [-0.39, 0.29) is 16.9 Å². The summed E-state index contributed by atoms with van der Waals surface area (Å²) in [5, 5.41) is 11.5. The Labute approximate surface area is 222 Å². The number of rotatable bonds is 9. The van der Waals surface area contributed by atoms with Gasteiger partial charge in [0, 0.05) is 5.69 Å².